The third-order valence-corrected chi connectivity index (χ3v) is 2.50. The maximum atomic E-state index is 5.41. The Hall–Kier alpha value is -1.22. The predicted octanol–water partition coefficient (Wildman–Crippen LogP) is 2.29. The minimum absolute atomic E-state index is 0.923. The van der Waals surface area contributed by atoms with E-state index in [4.69, 9.17) is 4.74 Å². The maximum Gasteiger partial charge on any atom is 0.144 e. The van der Waals surface area contributed by atoms with Crippen molar-refractivity contribution in [3.8, 4) is 5.75 Å². The van der Waals surface area contributed by atoms with Crippen LogP contribution in [0, 0.1) is 13.8 Å². The second kappa shape index (κ2) is 5.75. The lowest BCUT2D eigenvalue weighted by Gasteiger charge is -2.16. The summed E-state index contributed by atoms with van der Waals surface area (Å²) in [4.78, 5) is 2.15. The van der Waals surface area contributed by atoms with Crippen LogP contribution in [0.15, 0.2) is 12.1 Å². The summed E-state index contributed by atoms with van der Waals surface area (Å²) in [7, 11) is 5.86. The molecule has 1 aromatic carbocycles. The maximum absolute atomic E-state index is 5.41. The number of anilines is 1. The van der Waals surface area contributed by atoms with Gasteiger partial charge in [-0.25, -0.2) is 0 Å². The van der Waals surface area contributed by atoms with Crippen molar-refractivity contribution < 1.29 is 4.74 Å². The second-order valence-electron chi connectivity index (χ2n) is 4.39. The fourth-order valence-corrected chi connectivity index (χ4v) is 1.77. The summed E-state index contributed by atoms with van der Waals surface area (Å²) in [5, 5.41) is 3.41. The molecule has 0 amide bonds. The van der Waals surface area contributed by atoms with Crippen molar-refractivity contribution in [2.75, 3.05) is 39.6 Å². The highest BCUT2D eigenvalue weighted by Gasteiger charge is 2.06. The zero-order chi connectivity index (χ0) is 12.1. The van der Waals surface area contributed by atoms with Gasteiger partial charge in [-0.2, -0.15) is 0 Å². The number of likely N-dealkylation sites (N-methyl/N-ethyl adjacent to an activating group) is 1. The number of ether oxygens (including phenoxy) is 1. The summed E-state index contributed by atoms with van der Waals surface area (Å²) in [6.45, 7) is 6.11. The van der Waals surface area contributed by atoms with Gasteiger partial charge in [-0.1, -0.05) is 6.07 Å². The molecule has 0 aliphatic heterocycles. The van der Waals surface area contributed by atoms with Crippen LogP contribution in [0.4, 0.5) is 5.69 Å². The number of nitrogens with zero attached hydrogens (tertiary/aromatic N) is 1. The van der Waals surface area contributed by atoms with Gasteiger partial charge in [-0.05, 0) is 45.1 Å². The van der Waals surface area contributed by atoms with E-state index < -0.39 is 0 Å². The molecule has 0 aromatic heterocycles. The molecule has 0 radical (unpaired) electrons. The molecule has 0 aliphatic rings. The van der Waals surface area contributed by atoms with Crippen molar-refractivity contribution >= 4 is 5.69 Å². The average molecular weight is 222 g/mol. The summed E-state index contributed by atoms with van der Waals surface area (Å²) in [6, 6.07) is 4.26. The minimum Gasteiger partial charge on any atom is -0.494 e. The van der Waals surface area contributed by atoms with E-state index in [1.54, 1.807) is 7.11 Å². The van der Waals surface area contributed by atoms with Crippen molar-refractivity contribution in [3.05, 3.63) is 23.3 Å². The predicted molar refractivity (Wildman–Crippen MR) is 69.5 cm³/mol. The standard InChI is InChI=1S/C13H22N2O/c1-10-8-11(2)13(16-5)12(9-10)14-6-7-15(3)4/h8-9,14H,6-7H2,1-5H3. The van der Waals surface area contributed by atoms with Gasteiger partial charge in [0, 0.05) is 13.1 Å². The molecular formula is C13H22N2O. The fraction of sp³-hybridized carbons (Fsp3) is 0.538. The first-order valence-electron chi connectivity index (χ1n) is 5.58. The lowest BCUT2D eigenvalue weighted by molar-refractivity contribution is 0.410. The molecule has 0 spiro atoms. The molecule has 3 nitrogen and oxygen atoms in total. The Balaban J connectivity index is 2.77. The van der Waals surface area contributed by atoms with Crippen LogP contribution in [0.5, 0.6) is 5.75 Å². The normalized spacial score (nSPS) is 10.6. The van der Waals surface area contributed by atoms with Crippen LogP contribution in [0.2, 0.25) is 0 Å². The largest absolute Gasteiger partial charge is 0.494 e. The molecule has 0 saturated heterocycles. The SMILES string of the molecule is COc1c(C)cc(C)cc1NCCN(C)C. The van der Waals surface area contributed by atoms with Crippen LogP contribution in [0.25, 0.3) is 0 Å². The van der Waals surface area contributed by atoms with Gasteiger partial charge in [-0.3, -0.25) is 0 Å². The number of benzene rings is 1. The third-order valence-electron chi connectivity index (χ3n) is 2.50. The van der Waals surface area contributed by atoms with Gasteiger partial charge in [0.1, 0.15) is 5.75 Å². The van der Waals surface area contributed by atoms with E-state index in [1.807, 2.05) is 0 Å². The van der Waals surface area contributed by atoms with Gasteiger partial charge in [0.05, 0.1) is 12.8 Å². The Morgan fingerprint density at radius 1 is 1.25 bits per heavy atom. The Bertz CT molecular complexity index is 348. The van der Waals surface area contributed by atoms with Crippen molar-refractivity contribution in [3.63, 3.8) is 0 Å². The van der Waals surface area contributed by atoms with Gasteiger partial charge in [-0.15, -0.1) is 0 Å². The molecule has 16 heavy (non-hydrogen) atoms. The molecule has 0 saturated carbocycles. The van der Waals surface area contributed by atoms with Gasteiger partial charge < -0.3 is 15.0 Å². The smallest absolute Gasteiger partial charge is 0.144 e. The number of nitrogens with one attached hydrogen (secondary N) is 1. The minimum atomic E-state index is 0.923. The van der Waals surface area contributed by atoms with Crippen molar-refractivity contribution in [1.29, 1.82) is 0 Å². The summed E-state index contributed by atoms with van der Waals surface area (Å²) < 4.78 is 5.41. The Morgan fingerprint density at radius 3 is 2.50 bits per heavy atom. The van der Waals surface area contributed by atoms with Crippen molar-refractivity contribution in [2.45, 2.75) is 13.8 Å². The van der Waals surface area contributed by atoms with E-state index in [-0.39, 0.29) is 0 Å². The first-order valence-corrected chi connectivity index (χ1v) is 5.58. The zero-order valence-electron chi connectivity index (χ0n) is 10.9. The summed E-state index contributed by atoms with van der Waals surface area (Å²) in [5.74, 6) is 0.948. The molecule has 1 rings (SSSR count). The van der Waals surface area contributed by atoms with Gasteiger partial charge in [0.25, 0.3) is 0 Å². The molecule has 0 aliphatic carbocycles. The third kappa shape index (κ3) is 3.42. The molecule has 0 heterocycles. The van der Waals surface area contributed by atoms with Gasteiger partial charge in [0.15, 0.2) is 0 Å². The summed E-state index contributed by atoms with van der Waals surface area (Å²) in [6.07, 6.45) is 0. The van der Waals surface area contributed by atoms with E-state index >= 15 is 0 Å². The number of aryl methyl sites for hydroxylation is 2. The molecule has 0 atom stereocenters. The first-order chi connectivity index (χ1) is 7.54. The van der Waals surface area contributed by atoms with E-state index in [2.05, 4.69) is 50.3 Å². The number of hydrogen-bond acceptors (Lipinski definition) is 3. The van der Waals surface area contributed by atoms with Gasteiger partial charge >= 0.3 is 0 Å². The molecule has 1 N–H and O–H groups in total. The van der Waals surface area contributed by atoms with Crippen LogP contribution in [-0.2, 0) is 0 Å². The van der Waals surface area contributed by atoms with Crippen molar-refractivity contribution in [2.24, 2.45) is 0 Å². The molecule has 0 fully saturated rings. The van der Waals surface area contributed by atoms with E-state index in [9.17, 15) is 0 Å². The topological polar surface area (TPSA) is 24.5 Å². The van der Waals surface area contributed by atoms with Crippen LogP contribution in [0.3, 0.4) is 0 Å². The fourth-order valence-electron chi connectivity index (χ4n) is 1.77. The number of hydrogen-bond donors (Lipinski definition) is 1. The van der Waals surface area contributed by atoms with Crippen LogP contribution >= 0.6 is 0 Å². The second-order valence-corrected chi connectivity index (χ2v) is 4.39. The number of rotatable bonds is 5. The van der Waals surface area contributed by atoms with E-state index in [1.165, 1.54) is 11.1 Å². The Labute approximate surface area is 98.4 Å². The summed E-state index contributed by atoms with van der Waals surface area (Å²) in [5.41, 5.74) is 3.52. The van der Waals surface area contributed by atoms with Crippen LogP contribution in [0.1, 0.15) is 11.1 Å². The molecule has 1 aromatic rings. The molecule has 0 bridgehead atoms. The Kier molecular flexibility index (Phi) is 4.62. The lowest BCUT2D eigenvalue weighted by Crippen LogP contribution is -2.21. The molecule has 0 unspecified atom stereocenters. The van der Waals surface area contributed by atoms with Gasteiger partial charge in [0.2, 0.25) is 0 Å². The molecule has 3 heteroatoms. The number of methoxy groups -OCH3 is 1. The monoisotopic (exact) mass is 222 g/mol. The summed E-state index contributed by atoms with van der Waals surface area (Å²) >= 11 is 0. The quantitative estimate of drug-likeness (QED) is 0.827. The lowest BCUT2D eigenvalue weighted by atomic mass is 10.1. The first kappa shape index (κ1) is 12.8. The van der Waals surface area contributed by atoms with E-state index in [0.717, 1.165) is 24.5 Å². The van der Waals surface area contributed by atoms with E-state index in [0.29, 0.717) is 0 Å². The highest BCUT2D eigenvalue weighted by Crippen LogP contribution is 2.29. The highest BCUT2D eigenvalue weighted by molar-refractivity contribution is 5.61. The van der Waals surface area contributed by atoms with Crippen LogP contribution in [-0.4, -0.2) is 39.2 Å². The average Bonchev–Trinajstić information content (AvgIpc) is 2.16. The van der Waals surface area contributed by atoms with Crippen molar-refractivity contribution in [1.82, 2.24) is 4.90 Å². The highest BCUT2D eigenvalue weighted by atomic mass is 16.5. The molecular weight excluding hydrogens is 200 g/mol. The van der Waals surface area contributed by atoms with Crippen LogP contribution < -0.4 is 10.1 Å². The Morgan fingerprint density at radius 2 is 1.94 bits per heavy atom. The zero-order valence-corrected chi connectivity index (χ0v) is 10.9. The molecule has 90 valence electrons.